The molecule has 3 heterocycles. The van der Waals surface area contributed by atoms with E-state index in [4.69, 9.17) is 0 Å². The highest BCUT2D eigenvalue weighted by atomic mass is 16.2. The van der Waals surface area contributed by atoms with Gasteiger partial charge in [-0.3, -0.25) is 4.90 Å². The first-order valence-corrected chi connectivity index (χ1v) is 10.7. The maximum Gasteiger partial charge on any atom is 0.319 e. The molecule has 2 amide bonds. The first-order chi connectivity index (χ1) is 15.2. The van der Waals surface area contributed by atoms with E-state index in [2.05, 4.69) is 67.9 Å². The molecule has 4 rings (SSSR count). The van der Waals surface area contributed by atoms with Crippen LogP contribution in [-0.4, -0.2) is 70.4 Å². The highest BCUT2D eigenvalue weighted by molar-refractivity contribution is 5.90. The maximum atomic E-state index is 12.4. The molecule has 2 N–H and O–H groups in total. The van der Waals surface area contributed by atoms with E-state index in [0.29, 0.717) is 24.1 Å². The van der Waals surface area contributed by atoms with Gasteiger partial charge in [-0.25, -0.2) is 14.5 Å². The molecule has 8 heteroatoms. The number of amides is 2. The standard InChI is InChI=1S/C23H29N7O/c1-28-16-17-29(21(18-28)19-8-3-2-4-9-19)14-6-12-25-23(31)27-20-10-5-11-24-22(20)30-15-7-13-26-30/h2-5,7-11,13,15,21H,6,12,14,16-18H2,1H3,(H2,25,27,31). The lowest BCUT2D eigenvalue weighted by Gasteiger charge is -2.40. The summed E-state index contributed by atoms with van der Waals surface area (Å²) in [4.78, 5) is 21.6. The van der Waals surface area contributed by atoms with Crippen molar-refractivity contribution in [3.63, 3.8) is 0 Å². The average Bonchev–Trinajstić information content (AvgIpc) is 3.33. The molecule has 2 aromatic heterocycles. The minimum Gasteiger partial charge on any atom is -0.338 e. The second-order valence-electron chi connectivity index (χ2n) is 7.78. The third-order valence-electron chi connectivity index (χ3n) is 5.54. The van der Waals surface area contributed by atoms with Gasteiger partial charge in [0.15, 0.2) is 5.82 Å². The number of piperazine rings is 1. The fourth-order valence-corrected chi connectivity index (χ4v) is 3.94. The molecule has 1 aliphatic rings. The maximum absolute atomic E-state index is 12.4. The van der Waals surface area contributed by atoms with E-state index < -0.39 is 0 Å². The molecule has 0 aliphatic carbocycles. The first kappa shape index (κ1) is 21.0. The first-order valence-electron chi connectivity index (χ1n) is 10.7. The Bertz CT molecular complexity index is 961. The van der Waals surface area contributed by atoms with Gasteiger partial charge in [-0.15, -0.1) is 0 Å². The van der Waals surface area contributed by atoms with Crippen LogP contribution in [0.5, 0.6) is 0 Å². The summed E-state index contributed by atoms with van der Waals surface area (Å²) in [7, 11) is 2.18. The Morgan fingerprint density at radius 2 is 1.97 bits per heavy atom. The Labute approximate surface area is 182 Å². The SMILES string of the molecule is CN1CCN(CCCNC(=O)Nc2cccnc2-n2cccn2)C(c2ccccc2)C1. The second kappa shape index (κ2) is 10.2. The van der Waals surface area contributed by atoms with Crippen molar-refractivity contribution in [3.05, 3.63) is 72.7 Å². The van der Waals surface area contributed by atoms with E-state index in [-0.39, 0.29) is 6.03 Å². The van der Waals surface area contributed by atoms with Crippen LogP contribution in [0.2, 0.25) is 0 Å². The fraction of sp³-hybridized carbons (Fsp3) is 0.348. The Hall–Kier alpha value is -3.23. The second-order valence-corrected chi connectivity index (χ2v) is 7.78. The van der Waals surface area contributed by atoms with Gasteiger partial charge in [0, 0.05) is 57.4 Å². The molecule has 1 fully saturated rings. The van der Waals surface area contributed by atoms with E-state index in [1.807, 2.05) is 12.1 Å². The van der Waals surface area contributed by atoms with Crippen molar-refractivity contribution in [1.82, 2.24) is 29.9 Å². The molecule has 162 valence electrons. The third-order valence-corrected chi connectivity index (χ3v) is 5.54. The topological polar surface area (TPSA) is 78.3 Å². The number of benzene rings is 1. The van der Waals surface area contributed by atoms with Crippen LogP contribution in [0.1, 0.15) is 18.0 Å². The van der Waals surface area contributed by atoms with Crippen molar-refractivity contribution in [2.45, 2.75) is 12.5 Å². The summed E-state index contributed by atoms with van der Waals surface area (Å²) in [6, 6.07) is 16.2. The zero-order valence-electron chi connectivity index (χ0n) is 17.8. The van der Waals surface area contributed by atoms with Crippen LogP contribution in [0.25, 0.3) is 5.82 Å². The number of aromatic nitrogens is 3. The zero-order chi connectivity index (χ0) is 21.5. The lowest BCUT2D eigenvalue weighted by Crippen LogP contribution is -2.47. The number of carbonyl (C=O) groups excluding carboxylic acids is 1. The van der Waals surface area contributed by atoms with E-state index in [1.165, 1.54) is 5.56 Å². The van der Waals surface area contributed by atoms with Crippen LogP contribution < -0.4 is 10.6 Å². The van der Waals surface area contributed by atoms with Crippen LogP contribution in [-0.2, 0) is 0 Å². The minimum atomic E-state index is -0.237. The molecule has 1 unspecified atom stereocenters. The van der Waals surface area contributed by atoms with Crippen LogP contribution in [0, 0.1) is 0 Å². The quantitative estimate of drug-likeness (QED) is 0.576. The number of pyridine rings is 1. The minimum absolute atomic E-state index is 0.237. The number of carbonyl (C=O) groups is 1. The van der Waals surface area contributed by atoms with E-state index >= 15 is 0 Å². The molecule has 8 nitrogen and oxygen atoms in total. The summed E-state index contributed by atoms with van der Waals surface area (Å²) in [5.41, 5.74) is 1.97. The summed E-state index contributed by atoms with van der Waals surface area (Å²) in [6.07, 6.45) is 6.04. The molecule has 0 bridgehead atoms. The lowest BCUT2D eigenvalue weighted by molar-refractivity contribution is 0.0890. The van der Waals surface area contributed by atoms with Gasteiger partial charge >= 0.3 is 6.03 Å². The number of urea groups is 1. The zero-order valence-corrected chi connectivity index (χ0v) is 17.8. The van der Waals surface area contributed by atoms with Crippen molar-refractivity contribution < 1.29 is 4.79 Å². The number of nitrogens with zero attached hydrogens (tertiary/aromatic N) is 5. The molecule has 1 atom stereocenters. The fourth-order valence-electron chi connectivity index (χ4n) is 3.94. The van der Waals surface area contributed by atoms with Crippen LogP contribution in [0.15, 0.2) is 67.1 Å². The largest absolute Gasteiger partial charge is 0.338 e. The predicted octanol–water partition coefficient (Wildman–Crippen LogP) is 2.77. The van der Waals surface area contributed by atoms with Gasteiger partial charge in [0.2, 0.25) is 0 Å². The summed E-state index contributed by atoms with van der Waals surface area (Å²) in [6.45, 7) is 4.67. The number of hydrogen-bond donors (Lipinski definition) is 2. The predicted molar refractivity (Wildman–Crippen MR) is 121 cm³/mol. The van der Waals surface area contributed by atoms with Gasteiger partial charge in [0.1, 0.15) is 0 Å². The van der Waals surface area contributed by atoms with Gasteiger partial charge in [0.25, 0.3) is 0 Å². The molecule has 0 saturated carbocycles. The smallest absolute Gasteiger partial charge is 0.319 e. The number of nitrogens with one attached hydrogen (secondary N) is 2. The van der Waals surface area contributed by atoms with E-state index in [0.717, 1.165) is 32.6 Å². The summed E-state index contributed by atoms with van der Waals surface area (Å²) >= 11 is 0. The molecule has 0 spiro atoms. The van der Waals surface area contributed by atoms with Gasteiger partial charge in [-0.05, 0) is 37.2 Å². The molecule has 1 aliphatic heterocycles. The van der Waals surface area contributed by atoms with Gasteiger partial charge < -0.3 is 15.5 Å². The number of likely N-dealkylation sites (N-methyl/N-ethyl adjacent to an activating group) is 1. The summed E-state index contributed by atoms with van der Waals surface area (Å²) < 4.78 is 1.63. The average molecular weight is 420 g/mol. The Kier molecular flexibility index (Phi) is 6.91. The number of hydrogen-bond acceptors (Lipinski definition) is 5. The molecule has 0 radical (unpaired) electrons. The van der Waals surface area contributed by atoms with Crippen LogP contribution in [0.4, 0.5) is 10.5 Å². The molecular formula is C23H29N7O. The van der Waals surface area contributed by atoms with Crippen molar-refractivity contribution in [3.8, 4) is 5.82 Å². The highest BCUT2D eigenvalue weighted by Crippen LogP contribution is 2.24. The van der Waals surface area contributed by atoms with Crippen molar-refractivity contribution in [2.24, 2.45) is 0 Å². The van der Waals surface area contributed by atoms with E-state index in [9.17, 15) is 4.79 Å². The highest BCUT2D eigenvalue weighted by Gasteiger charge is 2.25. The monoisotopic (exact) mass is 419 g/mol. The van der Waals surface area contributed by atoms with Gasteiger partial charge in [0.05, 0.1) is 5.69 Å². The van der Waals surface area contributed by atoms with Crippen LogP contribution in [0.3, 0.4) is 0 Å². The Morgan fingerprint density at radius 3 is 2.77 bits per heavy atom. The van der Waals surface area contributed by atoms with E-state index in [1.54, 1.807) is 29.3 Å². The van der Waals surface area contributed by atoms with Crippen molar-refractivity contribution in [2.75, 3.05) is 45.1 Å². The van der Waals surface area contributed by atoms with Crippen molar-refractivity contribution in [1.29, 1.82) is 0 Å². The molecular weight excluding hydrogens is 390 g/mol. The van der Waals surface area contributed by atoms with Crippen molar-refractivity contribution >= 4 is 11.7 Å². The number of anilines is 1. The number of rotatable bonds is 7. The third kappa shape index (κ3) is 5.48. The van der Waals surface area contributed by atoms with Crippen LogP contribution >= 0.6 is 0 Å². The Morgan fingerprint density at radius 1 is 1.10 bits per heavy atom. The van der Waals surface area contributed by atoms with Gasteiger partial charge in [-0.1, -0.05) is 30.3 Å². The summed E-state index contributed by atoms with van der Waals surface area (Å²) in [5.74, 6) is 0.589. The molecule has 3 aromatic rings. The van der Waals surface area contributed by atoms with Gasteiger partial charge in [-0.2, -0.15) is 5.10 Å². The molecule has 1 saturated heterocycles. The summed E-state index contributed by atoms with van der Waals surface area (Å²) in [5, 5.41) is 10.0. The molecule has 1 aromatic carbocycles. The molecule has 31 heavy (non-hydrogen) atoms. The Balaban J connectivity index is 1.27. The normalized spacial score (nSPS) is 17.4. The lowest BCUT2D eigenvalue weighted by atomic mass is 10.0.